The van der Waals surface area contributed by atoms with Gasteiger partial charge < -0.3 is 20.2 Å². The van der Waals surface area contributed by atoms with Crippen LogP contribution in [0.1, 0.15) is 56.4 Å². The largest absolute Gasteiger partial charge is 0.486 e. The van der Waals surface area contributed by atoms with Crippen LogP contribution in [0.3, 0.4) is 0 Å². The van der Waals surface area contributed by atoms with E-state index in [1.54, 1.807) is 12.1 Å². The highest BCUT2D eigenvalue weighted by Gasteiger charge is 2.25. The van der Waals surface area contributed by atoms with Gasteiger partial charge >= 0.3 is 0 Å². The second kappa shape index (κ2) is 8.71. The van der Waals surface area contributed by atoms with Crippen molar-refractivity contribution in [3.05, 3.63) is 69.7 Å². The number of nitrogens with two attached hydrogens (primary N) is 1. The van der Waals surface area contributed by atoms with Crippen molar-refractivity contribution >= 4 is 28.2 Å². The number of aryl methyl sites for hydroxylation is 1. The molecular formula is C22H21FN2O4S. The number of primary amides is 1. The number of benzene rings is 1. The molecule has 0 fully saturated rings. The van der Waals surface area contributed by atoms with E-state index in [0.29, 0.717) is 22.1 Å². The summed E-state index contributed by atoms with van der Waals surface area (Å²) in [5.74, 6) is -0.293. The van der Waals surface area contributed by atoms with Gasteiger partial charge in [-0.05, 0) is 67.6 Å². The number of furan rings is 1. The lowest BCUT2D eigenvalue weighted by atomic mass is 10.1. The Morgan fingerprint density at radius 2 is 1.87 bits per heavy atom. The maximum absolute atomic E-state index is 12.9. The van der Waals surface area contributed by atoms with Gasteiger partial charge in [-0.3, -0.25) is 9.59 Å². The van der Waals surface area contributed by atoms with Crippen molar-refractivity contribution < 1.29 is 23.1 Å². The van der Waals surface area contributed by atoms with Crippen LogP contribution in [-0.4, -0.2) is 11.8 Å². The van der Waals surface area contributed by atoms with Gasteiger partial charge in [0.05, 0.1) is 5.56 Å². The van der Waals surface area contributed by atoms with Crippen molar-refractivity contribution in [1.29, 1.82) is 0 Å². The molecule has 2 heterocycles. The lowest BCUT2D eigenvalue weighted by Crippen LogP contribution is -2.17. The molecule has 0 radical (unpaired) electrons. The molecule has 0 saturated carbocycles. The Kier molecular flexibility index (Phi) is 5.85. The molecule has 2 amide bonds. The molecule has 0 saturated heterocycles. The maximum atomic E-state index is 12.9. The van der Waals surface area contributed by atoms with Gasteiger partial charge in [0, 0.05) is 4.88 Å². The van der Waals surface area contributed by atoms with Crippen molar-refractivity contribution in [1.82, 2.24) is 0 Å². The molecule has 8 heteroatoms. The SMILES string of the molecule is NC(=O)c1c(NC(=O)c2ccc(COc3ccc(F)cc3)o2)sc2c1CCCCC2. The summed E-state index contributed by atoms with van der Waals surface area (Å²) in [6.07, 6.45) is 4.88. The van der Waals surface area contributed by atoms with E-state index in [1.165, 1.54) is 35.6 Å². The fraction of sp³-hybridized carbons (Fsp3) is 0.273. The Bertz CT molecular complexity index is 1070. The van der Waals surface area contributed by atoms with Crippen LogP contribution < -0.4 is 15.8 Å². The minimum Gasteiger partial charge on any atom is -0.486 e. The Balaban J connectivity index is 1.46. The van der Waals surface area contributed by atoms with Gasteiger partial charge in [0.2, 0.25) is 0 Å². The molecule has 1 aromatic carbocycles. The van der Waals surface area contributed by atoms with E-state index in [0.717, 1.165) is 42.5 Å². The summed E-state index contributed by atoms with van der Waals surface area (Å²) >= 11 is 1.41. The van der Waals surface area contributed by atoms with Gasteiger partial charge in [0.15, 0.2) is 5.76 Å². The molecular weight excluding hydrogens is 407 g/mol. The molecule has 156 valence electrons. The van der Waals surface area contributed by atoms with Crippen molar-refractivity contribution in [3.63, 3.8) is 0 Å². The average Bonchev–Trinajstić information content (AvgIpc) is 3.26. The minimum atomic E-state index is -0.530. The van der Waals surface area contributed by atoms with Crippen molar-refractivity contribution in [2.24, 2.45) is 5.73 Å². The molecule has 6 nitrogen and oxygen atoms in total. The molecule has 0 spiro atoms. The first-order valence-corrected chi connectivity index (χ1v) is 10.6. The highest BCUT2D eigenvalue weighted by atomic mass is 32.1. The number of amides is 2. The Labute approximate surface area is 176 Å². The predicted molar refractivity (Wildman–Crippen MR) is 111 cm³/mol. The molecule has 30 heavy (non-hydrogen) atoms. The molecule has 3 N–H and O–H groups in total. The summed E-state index contributed by atoms with van der Waals surface area (Å²) in [5.41, 5.74) is 6.99. The second-order valence-corrected chi connectivity index (χ2v) is 8.20. The quantitative estimate of drug-likeness (QED) is 0.558. The van der Waals surface area contributed by atoms with E-state index in [9.17, 15) is 14.0 Å². The van der Waals surface area contributed by atoms with Crippen LogP contribution in [-0.2, 0) is 19.4 Å². The zero-order valence-electron chi connectivity index (χ0n) is 16.2. The van der Waals surface area contributed by atoms with Crippen molar-refractivity contribution in [3.8, 4) is 5.75 Å². The lowest BCUT2D eigenvalue weighted by Gasteiger charge is -2.05. The number of hydrogen-bond donors (Lipinski definition) is 2. The molecule has 3 aromatic rings. The van der Waals surface area contributed by atoms with Crippen LogP contribution in [0, 0.1) is 5.82 Å². The van der Waals surface area contributed by atoms with Gasteiger partial charge in [-0.1, -0.05) is 6.42 Å². The van der Waals surface area contributed by atoms with E-state index in [1.807, 2.05) is 0 Å². The molecule has 0 atom stereocenters. The summed E-state index contributed by atoms with van der Waals surface area (Å²) in [7, 11) is 0. The van der Waals surface area contributed by atoms with Gasteiger partial charge in [-0.2, -0.15) is 0 Å². The number of hydrogen-bond acceptors (Lipinski definition) is 5. The second-order valence-electron chi connectivity index (χ2n) is 7.10. The summed E-state index contributed by atoms with van der Waals surface area (Å²) in [6.45, 7) is 0.0960. The summed E-state index contributed by atoms with van der Waals surface area (Å²) in [5, 5.41) is 3.25. The highest BCUT2D eigenvalue weighted by molar-refractivity contribution is 7.17. The number of thiophene rings is 1. The van der Waals surface area contributed by atoms with Gasteiger partial charge in [0.1, 0.15) is 28.9 Å². The molecule has 0 bridgehead atoms. The third-order valence-corrected chi connectivity index (χ3v) is 6.18. The maximum Gasteiger partial charge on any atom is 0.291 e. The Morgan fingerprint density at radius 3 is 2.63 bits per heavy atom. The average molecular weight is 428 g/mol. The Morgan fingerprint density at radius 1 is 1.10 bits per heavy atom. The first-order valence-electron chi connectivity index (χ1n) is 9.74. The summed E-state index contributed by atoms with van der Waals surface area (Å²) in [6, 6.07) is 8.80. The van der Waals surface area contributed by atoms with E-state index >= 15 is 0 Å². The number of carbonyl (C=O) groups excluding carboxylic acids is 2. The zero-order valence-corrected chi connectivity index (χ0v) is 17.0. The smallest absolute Gasteiger partial charge is 0.291 e. The molecule has 4 rings (SSSR count). The van der Waals surface area contributed by atoms with Gasteiger partial charge in [-0.15, -0.1) is 11.3 Å². The number of carbonyl (C=O) groups is 2. The van der Waals surface area contributed by atoms with E-state index in [2.05, 4.69) is 5.32 Å². The molecule has 1 aliphatic rings. The topological polar surface area (TPSA) is 94.6 Å². The molecule has 0 aliphatic heterocycles. The third kappa shape index (κ3) is 4.38. The van der Waals surface area contributed by atoms with Crippen molar-refractivity contribution in [2.75, 3.05) is 5.32 Å². The minimum absolute atomic E-state index is 0.0960. The normalized spacial score (nSPS) is 13.4. The van der Waals surface area contributed by atoms with E-state index in [4.69, 9.17) is 14.9 Å². The van der Waals surface area contributed by atoms with Gasteiger partial charge in [-0.25, -0.2) is 4.39 Å². The number of nitrogens with one attached hydrogen (secondary N) is 1. The van der Waals surface area contributed by atoms with Crippen molar-refractivity contribution in [2.45, 2.75) is 38.7 Å². The third-order valence-electron chi connectivity index (χ3n) is 4.97. The fourth-order valence-electron chi connectivity index (χ4n) is 3.52. The number of ether oxygens (including phenoxy) is 1. The van der Waals surface area contributed by atoms with Crippen LogP contribution >= 0.6 is 11.3 Å². The number of rotatable bonds is 6. The molecule has 0 unspecified atom stereocenters. The molecule has 2 aromatic heterocycles. The Hall–Kier alpha value is -3.13. The first-order chi connectivity index (χ1) is 14.5. The van der Waals surface area contributed by atoms with Crippen LogP contribution in [0.2, 0.25) is 0 Å². The van der Waals surface area contributed by atoms with Crippen LogP contribution in [0.25, 0.3) is 0 Å². The van der Waals surface area contributed by atoms with Crippen LogP contribution in [0.5, 0.6) is 5.75 Å². The van der Waals surface area contributed by atoms with Gasteiger partial charge in [0.25, 0.3) is 11.8 Å². The zero-order chi connectivity index (χ0) is 21.1. The summed E-state index contributed by atoms with van der Waals surface area (Å²) in [4.78, 5) is 25.8. The predicted octanol–water partition coefficient (Wildman–Crippen LogP) is 4.68. The highest BCUT2D eigenvalue weighted by Crippen LogP contribution is 2.37. The lowest BCUT2D eigenvalue weighted by molar-refractivity contribution is 0.0993. The number of anilines is 1. The number of halogens is 1. The fourth-order valence-corrected chi connectivity index (χ4v) is 4.81. The summed E-state index contributed by atoms with van der Waals surface area (Å²) < 4.78 is 24.0. The standard InChI is InChI=1S/C22H21FN2O4S/c23-13-6-8-14(9-7-13)28-12-15-10-11-17(29-15)21(27)25-22-19(20(24)26)16-4-2-1-3-5-18(16)30-22/h6-11H,1-5,12H2,(H2,24,26)(H,25,27). The molecule has 1 aliphatic carbocycles. The monoisotopic (exact) mass is 428 g/mol. The van der Waals surface area contributed by atoms with Crippen LogP contribution in [0.15, 0.2) is 40.8 Å². The first kappa shape index (κ1) is 20.2. The number of fused-ring (bicyclic) bond motifs is 1. The van der Waals surface area contributed by atoms with Crippen LogP contribution in [0.4, 0.5) is 9.39 Å². The van der Waals surface area contributed by atoms with E-state index in [-0.39, 0.29) is 18.2 Å². The van der Waals surface area contributed by atoms with E-state index < -0.39 is 11.8 Å².